The number of rotatable bonds is 4. The summed E-state index contributed by atoms with van der Waals surface area (Å²) < 4.78 is 5.87. The van der Waals surface area contributed by atoms with Crippen molar-refractivity contribution in [1.82, 2.24) is 10.2 Å². The number of carbonyl (C=O) groups excluding carboxylic acids is 2. The molecule has 1 atom stereocenters. The minimum absolute atomic E-state index is 0.0846. The van der Waals surface area contributed by atoms with E-state index in [2.05, 4.69) is 21.2 Å². The summed E-state index contributed by atoms with van der Waals surface area (Å²) in [5.74, 6) is -0.388. The Balaban J connectivity index is 2.20. The Morgan fingerprint density at radius 1 is 1.55 bits per heavy atom. The van der Waals surface area contributed by atoms with Gasteiger partial charge in [-0.2, -0.15) is 0 Å². The minimum atomic E-state index is -0.453. The summed E-state index contributed by atoms with van der Waals surface area (Å²) in [6.45, 7) is 3.41. The number of piperazine rings is 1. The number of halogens is 1. The number of hydrogen-bond acceptors (Lipinski definition) is 4. The van der Waals surface area contributed by atoms with Crippen LogP contribution in [0.5, 0.6) is 0 Å². The molecule has 1 N–H and O–H groups in total. The molecule has 1 aromatic carbocycles. The van der Waals surface area contributed by atoms with Crippen molar-refractivity contribution in [2.75, 3.05) is 26.2 Å². The third-order valence-corrected chi connectivity index (χ3v) is 3.61. The molecule has 6 heteroatoms. The van der Waals surface area contributed by atoms with Crippen LogP contribution in [0.15, 0.2) is 28.7 Å². The van der Waals surface area contributed by atoms with Crippen molar-refractivity contribution in [3.05, 3.63) is 34.3 Å². The van der Waals surface area contributed by atoms with Crippen molar-refractivity contribution >= 4 is 27.8 Å². The first kappa shape index (κ1) is 15.0. The zero-order valence-corrected chi connectivity index (χ0v) is 12.9. The van der Waals surface area contributed by atoms with Gasteiger partial charge in [-0.05, 0) is 24.6 Å². The van der Waals surface area contributed by atoms with Gasteiger partial charge in [0.25, 0.3) is 0 Å². The van der Waals surface area contributed by atoms with Crippen LogP contribution in [-0.4, -0.2) is 43.0 Å². The molecule has 0 spiro atoms. The van der Waals surface area contributed by atoms with Crippen LogP contribution < -0.4 is 5.32 Å². The fourth-order valence-corrected chi connectivity index (χ4v) is 2.71. The van der Waals surface area contributed by atoms with Crippen molar-refractivity contribution < 1.29 is 14.3 Å². The molecule has 108 valence electrons. The lowest BCUT2D eigenvalue weighted by molar-refractivity contribution is -0.146. The van der Waals surface area contributed by atoms with Gasteiger partial charge in [0, 0.05) is 17.6 Å². The molecular weight excluding hydrogens is 324 g/mol. The number of benzene rings is 1. The van der Waals surface area contributed by atoms with Crippen molar-refractivity contribution in [1.29, 1.82) is 0 Å². The first-order chi connectivity index (χ1) is 9.61. The van der Waals surface area contributed by atoms with E-state index < -0.39 is 6.04 Å². The molecule has 2 rings (SSSR count). The number of hydrogen-bond donors (Lipinski definition) is 1. The van der Waals surface area contributed by atoms with Gasteiger partial charge in [-0.15, -0.1) is 0 Å². The average molecular weight is 341 g/mol. The molecule has 1 aliphatic rings. The van der Waals surface area contributed by atoms with Crippen LogP contribution in [0.4, 0.5) is 0 Å². The lowest BCUT2D eigenvalue weighted by atomic mass is 10.0. The predicted molar refractivity (Wildman–Crippen MR) is 78.1 cm³/mol. The Morgan fingerprint density at radius 2 is 2.35 bits per heavy atom. The molecule has 1 fully saturated rings. The third-order valence-electron chi connectivity index (χ3n) is 3.11. The highest BCUT2D eigenvalue weighted by Gasteiger charge is 2.32. The minimum Gasteiger partial charge on any atom is -0.465 e. The van der Waals surface area contributed by atoms with E-state index in [1.54, 1.807) is 6.92 Å². The van der Waals surface area contributed by atoms with Gasteiger partial charge in [-0.25, -0.2) is 0 Å². The van der Waals surface area contributed by atoms with E-state index in [0.717, 1.165) is 10.0 Å². The van der Waals surface area contributed by atoms with E-state index in [0.29, 0.717) is 19.7 Å². The Kier molecular flexibility index (Phi) is 5.14. The number of ether oxygens (including phenoxy) is 1. The molecule has 0 unspecified atom stereocenters. The zero-order valence-electron chi connectivity index (χ0n) is 11.3. The number of nitrogens with zero attached hydrogens (tertiary/aromatic N) is 1. The maximum absolute atomic E-state index is 12.1. The molecule has 20 heavy (non-hydrogen) atoms. The number of amides is 1. The van der Waals surface area contributed by atoms with Crippen LogP contribution in [0.3, 0.4) is 0 Å². The largest absolute Gasteiger partial charge is 0.465 e. The summed E-state index contributed by atoms with van der Waals surface area (Å²) >= 11 is 3.40. The van der Waals surface area contributed by atoms with Crippen LogP contribution in [0.1, 0.15) is 18.5 Å². The molecule has 0 bridgehead atoms. The molecular formula is C14H17BrN2O3. The summed E-state index contributed by atoms with van der Waals surface area (Å²) in [6, 6.07) is 7.11. The van der Waals surface area contributed by atoms with Crippen molar-refractivity contribution in [3.63, 3.8) is 0 Å². The van der Waals surface area contributed by atoms with Gasteiger partial charge in [0.05, 0.1) is 13.2 Å². The van der Waals surface area contributed by atoms with Gasteiger partial charge in [0.15, 0.2) is 0 Å². The predicted octanol–water partition coefficient (Wildman–Crippen LogP) is 1.49. The number of carbonyl (C=O) groups is 2. The third kappa shape index (κ3) is 3.58. The molecule has 1 aromatic rings. The summed E-state index contributed by atoms with van der Waals surface area (Å²) in [7, 11) is 0. The Bertz CT molecular complexity index is 507. The van der Waals surface area contributed by atoms with Crippen LogP contribution in [0, 0.1) is 0 Å². The van der Waals surface area contributed by atoms with Gasteiger partial charge in [0.1, 0.15) is 6.04 Å². The fraction of sp³-hybridized carbons (Fsp3) is 0.429. The molecule has 1 aliphatic heterocycles. The van der Waals surface area contributed by atoms with Crippen molar-refractivity contribution in [2.45, 2.75) is 13.0 Å². The topological polar surface area (TPSA) is 58.6 Å². The smallest absolute Gasteiger partial charge is 0.320 e. The van der Waals surface area contributed by atoms with Gasteiger partial charge < -0.3 is 10.1 Å². The first-order valence-corrected chi connectivity index (χ1v) is 7.34. The second-order valence-corrected chi connectivity index (χ2v) is 5.44. The van der Waals surface area contributed by atoms with Gasteiger partial charge >= 0.3 is 5.97 Å². The fourth-order valence-electron chi connectivity index (χ4n) is 2.30. The van der Waals surface area contributed by atoms with Crippen LogP contribution >= 0.6 is 15.9 Å². The lowest BCUT2D eigenvalue weighted by Gasteiger charge is -2.34. The van der Waals surface area contributed by atoms with Gasteiger partial charge in [-0.3, -0.25) is 14.5 Å². The Hall–Kier alpha value is -1.40. The van der Waals surface area contributed by atoms with Gasteiger partial charge in [-0.1, -0.05) is 28.1 Å². The number of esters is 1. The molecule has 5 nitrogen and oxygen atoms in total. The lowest BCUT2D eigenvalue weighted by Crippen LogP contribution is -2.51. The van der Waals surface area contributed by atoms with Crippen LogP contribution in [0.25, 0.3) is 0 Å². The highest BCUT2D eigenvalue weighted by Crippen LogP contribution is 2.25. The standard InChI is InChI=1S/C14H17BrN2O3/c1-2-20-12(18)9-17-7-6-16-14(19)13(17)10-4-3-5-11(15)8-10/h3-5,8,13H,2,6-7,9H2,1H3,(H,16,19)/t13-/m1/s1. The van der Waals surface area contributed by atoms with E-state index in [9.17, 15) is 9.59 Å². The summed E-state index contributed by atoms with van der Waals surface area (Å²) in [5, 5.41) is 2.84. The highest BCUT2D eigenvalue weighted by atomic mass is 79.9. The van der Waals surface area contributed by atoms with E-state index in [1.165, 1.54) is 0 Å². The van der Waals surface area contributed by atoms with Crippen molar-refractivity contribution in [2.24, 2.45) is 0 Å². The second-order valence-electron chi connectivity index (χ2n) is 4.52. The molecule has 0 saturated carbocycles. The van der Waals surface area contributed by atoms with E-state index in [-0.39, 0.29) is 18.4 Å². The van der Waals surface area contributed by atoms with Gasteiger partial charge in [0.2, 0.25) is 5.91 Å². The summed E-state index contributed by atoms with van der Waals surface area (Å²) in [4.78, 5) is 25.6. The molecule has 0 aliphatic carbocycles. The maximum atomic E-state index is 12.1. The zero-order chi connectivity index (χ0) is 14.5. The highest BCUT2D eigenvalue weighted by molar-refractivity contribution is 9.10. The second kappa shape index (κ2) is 6.85. The first-order valence-electron chi connectivity index (χ1n) is 6.54. The molecule has 1 amide bonds. The summed E-state index contributed by atoms with van der Waals surface area (Å²) in [5.41, 5.74) is 0.862. The van der Waals surface area contributed by atoms with Crippen LogP contribution in [0.2, 0.25) is 0 Å². The molecule has 0 aromatic heterocycles. The number of nitrogens with one attached hydrogen (secondary N) is 1. The monoisotopic (exact) mass is 340 g/mol. The SMILES string of the molecule is CCOC(=O)CN1CCNC(=O)[C@H]1c1cccc(Br)c1. The maximum Gasteiger partial charge on any atom is 0.320 e. The van der Waals surface area contributed by atoms with Crippen LogP contribution in [-0.2, 0) is 14.3 Å². The quantitative estimate of drug-likeness (QED) is 0.843. The van der Waals surface area contributed by atoms with E-state index in [1.807, 2.05) is 29.2 Å². The Morgan fingerprint density at radius 3 is 3.05 bits per heavy atom. The normalized spacial score (nSPS) is 19.5. The summed E-state index contributed by atoms with van der Waals surface area (Å²) in [6.07, 6.45) is 0. The van der Waals surface area contributed by atoms with E-state index >= 15 is 0 Å². The molecule has 1 heterocycles. The average Bonchev–Trinajstić information content (AvgIpc) is 2.39. The van der Waals surface area contributed by atoms with Crippen molar-refractivity contribution in [3.8, 4) is 0 Å². The molecule has 0 radical (unpaired) electrons. The molecule has 1 saturated heterocycles. The Labute approximate surface area is 126 Å². The van der Waals surface area contributed by atoms with E-state index in [4.69, 9.17) is 4.74 Å².